The van der Waals surface area contributed by atoms with Crippen LogP contribution in [0.3, 0.4) is 0 Å². The zero-order valence-electron chi connectivity index (χ0n) is 17.6. The minimum absolute atomic E-state index is 0.0977. The third kappa shape index (κ3) is 5.71. The second kappa shape index (κ2) is 10.3. The van der Waals surface area contributed by atoms with Gasteiger partial charge in [-0.1, -0.05) is 70.2 Å². The largest absolute Gasteiger partial charge is 0.484 e. The number of hydrogen-bond donors (Lipinski definition) is 1. The molecule has 0 saturated carbocycles. The minimum atomic E-state index is -0.231. The van der Waals surface area contributed by atoms with Gasteiger partial charge in [-0.25, -0.2) is 0 Å². The summed E-state index contributed by atoms with van der Waals surface area (Å²) in [6.07, 6.45) is 1.80. The van der Waals surface area contributed by atoms with Crippen molar-refractivity contribution in [1.82, 2.24) is 0 Å². The van der Waals surface area contributed by atoms with Gasteiger partial charge in [-0.05, 0) is 66.6 Å². The van der Waals surface area contributed by atoms with Crippen molar-refractivity contribution in [2.45, 2.75) is 6.92 Å². The van der Waals surface area contributed by atoms with Gasteiger partial charge in [0.05, 0.1) is 10.6 Å². The van der Waals surface area contributed by atoms with Crippen molar-refractivity contribution in [3.05, 3.63) is 93.3 Å². The predicted molar refractivity (Wildman–Crippen MR) is 142 cm³/mol. The number of thioether (sulfide) groups is 1. The molecular formula is C25H19BrN2O3S2. The molecule has 0 atom stereocenters. The van der Waals surface area contributed by atoms with Crippen molar-refractivity contribution in [2.75, 3.05) is 16.8 Å². The molecule has 4 rings (SSSR count). The Kier molecular flexibility index (Phi) is 7.27. The lowest BCUT2D eigenvalue weighted by atomic mass is 10.2. The Balaban J connectivity index is 1.37. The van der Waals surface area contributed by atoms with Crippen LogP contribution in [0.15, 0.2) is 82.2 Å². The van der Waals surface area contributed by atoms with Crippen LogP contribution in [0.1, 0.15) is 11.1 Å². The summed E-state index contributed by atoms with van der Waals surface area (Å²) in [4.78, 5) is 27.1. The fourth-order valence-corrected chi connectivity index (χ4v) is 4.70. The summed E-state index contributed by atoms with van der Waals surface area (Å²) in [6.45, 7) is 1.83. The van der Waals surface area contributed by atoms with Crippen molar-refractivity contribution >= 4 is 73.5 Å². The van der Waals surface area contributed by atoms with Crippen molar-refractivity contribution < 1.29 is 14.3 Å². The quantitative estimate of drug-likeness (QED) is 0.300. The minimum Gasteiger partial charge on any atom is -0.484 e. The number of ether oxygens (including phenoxy) is 1. The maximum Gasteiger partial charge on any atom is 0.270 e. The molecule has 8 heteroatoms. The number of hydrogen-bond acceptors (Lipinski definition) is 5. The van der Waals surface area contributed by atoms with E-state index in [2.05, 4.69) is 21.2 Å². The van der Waals surface area contributed by atoms with Gasteiger partial charge in [-0.15, -0.1) is 0 Å². The molecule has 0 aromatic heterocycles. The standard InChI is InChI=1S/C25H19BrN2O3S2/c1-16-4-2-3-5-21(16)27-23(29)15-31-20-12-6-17(7-13-20)14-22-24(30)28(25(32)33-22)19-10-8-18(26)9-11-19/h2-14H,15H2,1H3,(H,27,29)/b22-14-. The fraction of sp³-hybridized carbons (Fsp3) is 0.0800. The molecule has 3 aromatic carbocycles. The molecule has 33 heavy (non-hydrogen) atoms. The van der Waals surface area contributed by atoms with Crippen LogP contribution in [0.25, 0.3) is 6.08 Å². The Morgan fingerprint density at radius 2 is 1.79 bits per heavy atom. The van der Waals surface area contributed by atoms with Crippen LogP contribution < -0.4 is 15.0 Å². The van der Waals surface area contributed by atoms with Gasteiger partial charge in [0.15, 0.2) is 10.9 Å². The normalized spacial score (nSPS) is 14.6. The highest BCUT2D eigenvalue weighted by atomic mass is 79.9. The number of benzene rings is 3. The van der Waals surface area contributed by atoms with Crippen LogP contribution in [-0.4, -0.2) is 22.7 Å². The number of carbonyl (C=O) groups excluding carboxylic acids is 2. The van der Waals surface area contributed by atoms with E-state index in [4.69, 9.17) is 17.0 Å². The number of nitrogens with zero attached hydrogens (tertiary/aromatic N) is 1. The molecule has 166 valence electrons. The van der Waals surface area contributed by atoms with Gasteiger partial charge in [0.25, 0.3) is 11.8 Å². The molecule has 0 bridgehead atoms. The maximum atomic E-state index is 12.9. The number of halogens is 1. The summed E-state index contributed by atoms with van der Waals surface area (Å²) in [5.41, 5.74) is 3.32. The topological polar surface area (TPSA) is 58.6 Å². The number of amides is 2. The summed E-state index contributed by atoms with van der Waals surface area (Å²) >= 11 is 10.1. The average Bonchev–Trinajstić information content (AvgIpc) is 3.08. The van der Waals surface area contributed by atoms with Crippen LogP contribution in [-0.2, 0) is 9.59 Å². The molecule has 0 radical (unpaired) electrons. The van der Waals surface area contributed by atoms with Crippen molar-refractivity contribution in [2.24, 2.45) is 0 Å². The Labute approximate surface area is 210 Å². The fourth-order valence-electron chi connectivity index (χ4n) is 3.14. The van der Waals surface area contributed by atoms with E-state index in [1.165, 1.54) is 16.7 Å². The van der Waals surface area contributed by atoms with Crippen molar-refractivity contribution in [3.8, 4) is 5.75 Å². The van der Waals surface area contributed by atoms with Gasteiger partial charge in [-0.2, -0.15) is 0 Å². The summed E-state index contributed by atoms with van der Waals surface area (Å²) < 4.78 is 7.02. The summed E-state index contributed by atoms with van der Waals surface area (Å²) in [6, 6.07) is 22.2. The summed E-state index contributed by atoms with van der Waals surface area (Å²) in [5.74, 6) is 0.181. The lowest BCUT2D eigenvalue weighted by Crippen LogP contribution is -2.27. The molecule has 0 unspecified atom stereocenters. The Hall–Kier alpha value is -2.94. The smallest absolute Gasteiger partial charge is 0.270 e. The molecule has 1 aliphatic heterocycles. The number of carbonyl (C=O) groups is 2. The number of aryl methyl sites for hydroxylation is 1. The number of rotatable bonds is 6. The highest BCUT2D eigenvalue weighted by Gasteiger charge is 2.33. The number of nitrogens with one attached hydrogen (secondary N) is 1. The molecule has 0 aliphatic carbocycles. The maximum absolute atomic E-state index is 12.9. The van der Waals surface area contributed by atoms with Crippen LogP contribution in [0, 0.1) is 6.92 Å². The first-order chi connectivity index (χ1) is 15.9. The van der Waals surface area contributed by atoms with E-state index in [-0.39, 0.29) is 18.4 Å². The second-order valence-corrected chi connectivity index (χ2v) is 9.81. The van der Waals surface area contributed by atoms with E-state index in [1.54, 1.807) is 18.2 Å². The second-order valence-electron chi connectivity index (χ2n) is 7.21. The van der Waals surface area contributed by atoms with Crippen molar-refractivity contribution in [3.63, 3.8) is 0 Å². The lowest BCUT2D eigenvalue weighted by Gasteiger charge is -2.14. The van der Waals surface area contributed by atoms with Gasteiger partial charge in [-0.3, -0.25) is 14.5 Å². The summed E-state index contributed by atoms with van der Waals surface area (Å²) in [5, 5.41) is 2.84. The van der Waals surface area contributed by atoms with Gasteiger partial charge in [0.2, 0.25) is 0 Å². The Morgan fingerprint density at radius 1 is 1.09 bits per heavy atom. The van der Waals surface area contributed by atoms with E-state index < -0.39 is 0 Å². The third-order valence-electron chi connectivity index (χ3n) is 4.85. The molecule has 0 spiro atoms. The molecule has 1 heterocycles. The van der Waals surface area contributed by atoms with E-state index in [0.717, 1.165) is 27.0 Å². The SMILES string of the molecule is Cc1ccccc1NC(=O)COc1ccc(/C=C2\SC(=S)N(c3ccc(Br)cc3)C2=O)cc1. The molecule has 1 aliphatic rings. The Bertz CT molecular complexity index is 1240. The van der Waals surface area contributed by atoms with E-state index in [9.17, 15) is 9.59 Å². The average molecular weight is 539 g/mol. The summed E-state index contributed by atoms with van der Waals surface area (Å²) in [7, 11) is 0. The molecular weight excluding hydrogens is 520 g/mol. The van der Waals surface area contributed by atoms with E-state index in [0.29, 0.717) is 15.0 Å². The van der Waals surface area contributed by atoms with Gasteiger partial charge in [0.1, 0.15) is 5.75 Å². The molecule has 2 amide bonds. The molecule has 5 nitrogen and oxygen atoms in total. The van der Waals surface area contributed by atoms with Crippen LogP contribution >= 0.6 is 39.9 Å². The first kappa shape index (κ1) is 23.2. The number of thiocarbonyl (C=S) groups is 1. The monoisotopic (exact) mass is 538 g/mol. The van der Waals surface area contributed by atoms with Crippen LogP contribution in [0.5, 0.6) is 5.75 Å². The highest BCUT2D eigenvalue weighted by Crippen LogP contribution is 2.36. The molecule has 1 saturated heterocycles. The molecule has 1 N–H and O–H groups in total. The van der Waals surface area contributed by atoms with Gasteiger partial charge in [0, 0.05) is 10.2 Å². The first-order valence-corrected chi connectivity index (χ1v) is 12.0. The molecule has 1 fully saturated rings. The van der Waals surface area contributed by atoms with E-state index in [1.807, 2.05) is 67.6 Å². The third-order valence-corrected chi connectivity index (χ3v) is 6.68. The first-order valence-electron chi connectivity index (χ1n) is 10.0. The molecule has 3 aromatic rings. The Morgan fingerprint density at radius 3 is 2.48 bits per heavy atom. The van der Waals surface area contributed by atoms with Crippen LogP contribution in [0.2, 0.25) is 0 Å². The predicted octanol–water partition coefficient (Wildman–Crippen LogP) is 6.18. The number of anilines is 2. The zero-order valence-corrected chi connectivity index (χ0v) is 20.8. The zero-order chi connectivity index (χ0) is 23.4. The van der Waals surface area contributed by atoms with E-state index >= 15 is 0 Å². The lowest BCUT2D eigenvalue weighted by molar-refractivity contribution is -0.118. The van der Waals surface area contributed by atoms with Crippen molar-refractivity contribution in [1.29, 1.82) is 0 Å². The van der Waals surface area contributed by atoms with Gasteiger partial charge < -0.3 is 10.1 Å². The number of para-hydroxylation sites is 1. The van der Waals surface area contributed by atoms with Gasteiger partial charge >= 0.3 is 0 Å². The van der Waals surface area contributed by atoms with Crippen LogP contribution in [0.4, 0.5) is 11.4 Å². The highest BCUT2D eigenvalue weighted by molar-refractivity contribution is 9.10.